The fourth-order valence-corrected chi connectivity index (χ4v) is 2.75. The van der Waals surface area contributed by atoms with Gasteiger partial charge in [-0.15, -0.1) is 0 Å². The normalized spacial score (nSPS) is 18.1. The molecule has 0 unspecified atom stereocenters. The zero-order valence-electron chi connectivity index (χ0n) is 12.7. The van der Waals surface area contributed by atoms with Crippen molar-refractivity contribution in [3.8, 4) is 0 Å². The number of hydrogen-bond donors (Lipinski definition) is 1. The van der Waals surface area contributed by atoms with E-state index in [1.54, 1.807) is 7.11 Å². The van der Waals surface area contributed by atoms with Crippen molar-refractivity contribution in [3.63, 3.8) is 0 Å². The van der Waals surface area contributed by atoms with Gasteiger partial charge in [0.25, 0.3) is 0 Å². The van der Waals surface area contributed by atoms with Gasteiger partial charge in [0.2, 0.25) is 0 Å². The molecule has 0 aromatic heterocycles. The van der Waals surface area contributed by atoms with Gasteiger partial charge in [-0.05, 0) is 43.0 Å². The van der Waals surface area contributed by atoms with Crippen LogP contribution in [-0.2, 0) is 16.1 Å². The number of piperidine rings is 1. The summed E-state index contributed by atoms with van der Waals surface area (Å²) >= 11 is 0. The lowest BCUT2D eigenvalue weighted by Crippen LogP contribution is -2.26. The third kappa shape index (κ3) is 4.89. The predicted octanol–water partition coefficient (Wildman–Crippen LogP) is 2.95. The van der Waals surface area contributed by atoms with Crippen molar-refractivity contribution in [2.45, 2.75) is 32.3 Å². The van der Waals surface area contributed by atoms with E-state index in [1.165, 1.54) is 24.0 Å². The molecule has 1 heterocycles. The molecule has 1 aromatic rings. The first kappa shape index (κ1) is 15.5. The van der Waals surface area contributed by atoms with Crippen LogP contribution in [0.4, 0.5) is 0 Å². The van der Waals surface area contributed by atoms with Gasteiger partial charge < -0.3 is 14.8 Å². The van der Waals surface area contributed by atoms with Crippen LogP contribution in [-0.4, -0.2) is 33.4 Å². The molecule has 0 aliphatic carbocycles. The molecule has 1 N–H and O–H groups in total. The Morgan fingerprint density at radius 3 is 2.50 bits per heavy atom. The molecule has 2 rings (SSSR count). The van der Waals surface area contributed by atoms with E-state index in [1.807, 2.05) is 0 Å². The van der Waals surface area contributed by atoms with Gasteiger partial charge in [-0.2, -0.15) is 0 Å². The molecule has 0 radical (unpaired) electrons. The lowest BCUT2D eigenvalue weighted by molar-refractivity contribution is 0.0561. The van der Waals surface area contributed by atoms with Gasteiger partial charge in [-0.3, -0.25) is 0 Å². The Morgan fingerprint density at radius 2 is 1.85 bits per heavy atom. The van der Waals surface area contributed by atoms with Crippen LogP contribution in [0.5, 0.6) is 0 Å². The standard InChI is InChI=1S/C17H27NO2/c1-14(11-19-2)12-20-13-15-3-5-16(6-4-15)17-7-9-18-10-8-17/h3-6,14,17-18H,7-13H2,1-2H3/t14-/m0/s1. The van der Waals surface area contributed by atoms with E-state index in [2.05, 4.69) is 36.5 Å². The van der Waals surface area contributed by atoms with E-state index in [0.29, 0.717) is 12.5 Å². The monoisotopic (exact) mass is 277 g/mol. The Hall–Kier alpha value is -0.900. The number of hydrogen-bond acceptors (Lipinski definition) is 3. The molecule has 1 fully saturated rings. The van der Waals surface area contributed by atoms with Crippen molar-refractivity contribution in [2.24, 2.45) is 5.92 Å². The van der Waals surface area contributed by atoms with Crippen molar-refractivity contribution in [2.75, 3.05) is 33.4 Å². The van der Waals surface area contributed by atoms with Crippen molar-refractivity contribution >= 4 is 0 Å². The Bertz CT molecular complexity index is 371. The van der Waals surface area contributed by atoms with Crippen LogP contribution < -0.4 is 5.32 Å². The Balaban J connectivity index is 1.76. The Kier molecular flexibility index (Phi) is 6.51. The minimum atomic E-state index is 0.453. The molecule has 0 amide bonds. The molecule has 20 heavy (non-hydrogen) atoms. The van der Waals surface area contributed by atoms with Crippen molar-refractivity contribution < 1.29 is 9.47 Å². The molecular weight excluding hydrogens is 250 g/mol. The Labute approximate surface area is 122 Å². The minimum absolute atomic E-state index is 0.453. The molecule has 0 bridgehead atoms. The van der Waals surface area contributed by atoms with Crippen LogP contribution in [0.3, 0.4) is 0 Å². The molecule has 3 nitrogen and oxygen atoms in total. The summed E-state index contributed by atoms with van der Waals surface area (Å²) in [5.41, 5.74) is 2.73. The van der Waals surface area contributed by atoms with Crippen LogP contribution in [0.1, 0.15) is 36.8 Å². The van der Waals surface area contributed by atoms with E-state index < -0.39 is 0 Å². The maximum atomic E-state index is 5.73. The topological polar surface area (TPSA) is 30.5 Å². The van der Waals surface area contributed by atoms with E-state index in [0.717, 1.165) is 32.2 Å². The summed E-state index contributed by atoms with van der Waals surface area (Å²) in [7, 11) is 1.73. The summed E-state index contributed by atoms with van der Waals surface area (Å²) in [6.45, 7) is 6.64. The molecule has 3 heteroatoms. The lowest BCUT2D eigenvalue weighted by Gasteiger charge is -2.23. The van der Waals surface area contributed by atoms with E-state index >= 15 is 0 Å². The second kappa shape index (κ2) is 8.40. The molecule has 0 spiro atoms. The smallest absolute Gasteiger partial charge is 0.0717 e. The second-order valence-corrected chi connectivity index (χ2v) is 5.84. The second-order valence-electron chi connectivity index (χ2n) is 5.84. The lowest BCUT2D eigenvalue weighted by atomic mass is 9.90. The van der Waals surface area contributed by atoms with Gasteiger partial charge in [0.1, 0.15) is 0 Å². The molecule has 1 aliphatic heterocycles. The van der Waals surface area contributed by atoms with Crippen molar-refractivity contribution in [3.05, 3.63) is 35.4 Å². The summed E-state index contributed by atoms with van der Waals surface area (Å²) < 4.78 is 10.8. The summed E-state index contributed by atoms with van der Waals surface area (Å²) in [6, 6.07) is 8.96. The third-order valence-corrected chi connectivity index (χ3v) is 3.91. The summed E-state index contributed by atoms with van der Waals surface area (Å²) in [6.07, 6.45) is 2.51. The maximum Gasteiger partial charge on any atom is 0.0717 e. The number of ether oxygens (including phenoxy) is 2. The van der Waals surface area contributed by atoms with Crippen LogP contribution in [0.2, 0.25) is 0 Å². The van der Waals surface area contributed by atoms with Crippen LogP contribution in [0, 0.1) is 5.92 Å². The number of nitrogens with one attached hydrogen (secondary N) is 1. The molecule has 112 valence electrons. The number of methoxy groups -OCH3 is 1. The molecule has 1 saturated heterocycles. The van der Waals surface area contributed by atoms with E-state index in [9.17, 15) is 0 Å². The molecular formula is C17H27NO2. The first-order valence-electron chi connectivity index (χ1n) is 7.66. The number of benzene rings is 1. The van der Waals surface area contributed by atoms with Gasteiger partial charge in [0.15, 0.2) is 0 Å². The SMILES string of the molecule is COC[C@H](C)COCc1ccc(C2CCNCC2)cc1. The van der Waals surface area contributed by atoms with Crippen molar-refractivity contribution in [1.82, 2.24) is 5.32 Å². The summed E-state index contributed by atoms with van der Waals surface area (Å²) in [5, 5.41) is 3.41. The van der Waals surface area contributed by atoms with E-state index in [-0.39, 0.29) is 0 Å². The average Bonchev–Trinajstić information content (AvgIpc) is 2.49. The molecule has 1 aliphatic rings. The van der Waals surface area contributed by atoms with Crippen LogP contribution in [0.25, 0.3) is 0 Å². The largest absolute Gasteiger partial charge is 0.384 e. The fraction of sp³-hybridized carbons (Fsp3) is 0.647. The van der Waals surface area contributed by atoms with Gasteiger partial charge in [0, 0.05) is 13.0 Å². The van der Waals surface area contributed by atoms with Crippen molar-refractivity contribution in [1.29, 1.82) is 0 Å². The molecule has 1 aromatic carbocycles. The summed E-state index contributed by atoms with van der Waals surface area (Å²) in [5.74, 6) is 1.18. The average molecular weight is 277 g/mol. The number of rotatable bonds is 7. The Morgan fingerprint density at radius 1 is 1.15 bits per heavy atom. The van der Waals surface area contributed by atoms with E-state index in [4.69, 9.17) is 9.47 Å². The highest BCUT2D eigenvalue weighted by molar-refractivity contribution is 5.25. The quantitative estimate of drug-likeness (QED) is 0.831. The summed E-state index contributed by atoms with van der Waals surface area (Å²) in [4.78, 5) is 0. The predicted molar refractivity (Wildman–Crippen MR) is 82.0 cm³/mol. The highest BCUT2D eigenvalue weighted by atomic mass is 16.5. The van der Waals surface area contributed by atoms with Gasteiger partial charge >= 0.3 is 0 Å². The molecule has 1 atom stereocenters. The van der Waals surface area contributed by atoms with Crippen LogP contribution >= 0.6 is 0 Å². The molecule has 0 saturated carbocycles. The highest BCUT2D eigenvalue weighted by Gasteiger charge is 2.14. The minimum Gasteiger partial charge on any atom is -0.384 e. The zero-order chi connectivity index (χ0) is 14.2. The maximum absolute atomic E-state index is 5.73. The third-order valence-electron chi connectivity index (χ3n) is 3.91. The van der Waals surface area contributed by atoms with Gasteiger partial charge in [-0.1, -0.05) is 31.2 Å². The fourth-order valence-electron chi connectivity index (χ4n) is 2.75. The first-order valence-corrected chi connectivity index (χ1v) is 7.66. The highest BCUT2D eigenvalue weighted by Crippen LogP contribution is 2.25. The van der Waals surface area contributed by atoms with Crippen LogP contribution in [0.15, 0.2) is 24.3 Å². The zero-order valence-corrected chi connectivity index (χ0v) is 12.7. The first-order chi connectivity index (χ1) is 9.79. The van der Waals surface area contributed by atoms with Gasteiger partial charge in [-0.25, -0.2) is 0 Å². The van der Waals surface area contributed by atoms with Gasteiger partial charge in [0.05, 0.1) is 19.8 Å².